The highest BCUT2D eigenvalue weighted by atomic mass is 35.5. The summed E-state index contributed by atoms with van der Waals surface area (Å²) in [6, 6.07) is 3.12. The molecular weight excluding hydrogens is 308 g/mol. The normalized spacial score (nSPS) is 12.6. The molecule has 1 aromatic rings. The first-order valence-corrected chi connectivity index (χ1v) is 9.17. The maximum Gasteiger partial charge on any atom is 0.246 e. The van der Waals surface area contributed by atoms with Crippen LogP contribution < -0.4 is 0 Å². The fraction of sp³-hybridized carbons (Fsp3) is 0.667. The van der Waals surface area contributed by atoms with Crippen molar-refractivity contribution in [1.82, 2.24) is 9.29 Å². The minimum Gasteiger partial charge on any atom is -0.243 e. The van der Waals surface area contributed by atoms with E-state index in [9.17, 15) is 8.42 Å². The minimum absolute atomic E-state index is 0.0385. The number of aromatic nitrogens is 1. The number of hydrogen-bond acceptors (Lipinski definition) is 3. The van der Waals surface area contributed by atoms with Crippen molar-refractivity contribution in [2.24, 2.45) is 11.8 Å². The first-order valence-electron chi connectivity index (χ1n) is 7.35. The molecule has 0 amide bonds. The van der Waals surface area contributed by atoms with Gasteiger partial charge < -0.3 is 0 Å². The average molecular weight is 333 g/mol. The van der Waals surface area contributed by atoms with Crippen LogP contribution in [0.25, 0.3) is 0 Å². The van der Waals surface area contributed by atoms with Gasteiger partial charge in [-0.3, -0.25) is 0 Å². The molecule has 0 aromatic carbocycles. The second-order valence-electron chi connectivity index (χ2n) is 6.06. The number of rotatable bonds is 8. The van der Waals surface area contributed by atoms with E-state index in [-0.39, 0.29) is 10.0 Å². The van der Waals surface area contributed by atoms with Gasteiger partial charge in [0.2, 0.25) is 10.0 Å². The zero-order valence-corrected chi connectivity index (χ0v) is 14.8. The Hall–Kier alpha value is -0.650. The second-order valence-corrected chi connectivity index (χ2v) is 8.33. The highest BCUT2D eigenvalue weighted by Gasteiger charge is 2.27. The molecule has 6 heteroatoms. The molecule has 0 fully saturated rings. The first kappa shape index (κ1) is 18.4. The molecule has 0 radical (unpaired) electrons. The van der Waals surface area contributed by atoms with Crippen LogP contribution in [0.3, 0.4) is 0 Å². The number of sulfonamides is 1. The molecule has 1 rings (SSSR count). The quantitative estimate of drug-likeness (QED) is 0.680. The third kappa shape index (κ3) is 5.57. The maximum absolute atomic E-state index is 12.8. The summed E-state index contributed by atoms with van der Waals surface area (Å²) in [4.78, 5) is 3.97. The third-order valence-electron chi connectivity index (χ3n) is 3.25. The van der Waals surface area contributed by atoms with Gasteiger partial charge in [0.1, 0.15) is 10.0 Å². The van der Waals surface area contributed by atoms with Crippen molar-refractivity contribution in [1.29, 1.82) is 0 Å². The highest BCUT2D eigenvalue weighted by molar-refractivity contribution is 7.89. The van der Waals surface area contributed by atoms with Gasteiger partial charge in [-0.25, -0.2) is 13.4 Å². The number of halogens is 1. The molecule has 0 spiro atoms. The second kappa shape index (κ2) is 8.11. The molecule has 0 N–H and O–H groups in total. The van der Waals surface area contributed by atoms with E-state index in [4.69, 9.17) is 11.6 Å². The van der Waals surface area contributed by atoms with Crippen LogP contribution in [0.1, 0.15) is 40.5 Å². The highest BCUT2D eigenvalue weighted by Crippen LogP contribution is 2.23. The van der Waals surface area contributed by atoms with Crippen LogP contribution in [0.15, 0.2) is 23.2 Å². The smallest absolute Gasteiger partial charge is 0.243 e. The van der Waals surface area contributed by atoms with Crippen molar-refractivity contribution in [3.05, 3.63) is 23.5 Å². The molecule has 0 aliphatic rings. The van der Waals surface area contributed by atoms with E-state index < -0.39 is 10.0 Å². The summed E-state index contributed by atoms with van der Waals surface area (Å²) in [5.41, 5.74) is 0. The van der Waals surface area contributed by atoms with E-state index in [2.05, 4.69) is 32.7 Å². The zero-order chi connectivity index (χ0) is 16.0. The molecule has 0 bridgehead atoms. The Kier molecular flexibility index (Phi) is 7.10. The van der Waals surface area contributed by atoms with Gasteiger partial charge in [0.15, 0.2) is 0 Å². The molecule has 0 atom stereocenters. The Bertz CT molecular complexity index is 532. The molecule has 120 valence electrons. The van der Waals surface area contributed by atoms with E-state index in [1.54, 1.807) is 6.07 Å². The Morgan fingerprint density at radius 1 is 1.14 bits per heavy atom. The Balaban J connectivity index is 3.01. The topological polar surface area (TPSA) is 50.3 Å². The standard InChI is InChI=1S/C15H25ClN2O2S/c1-12(2)7-10-18(11-8-13(3)4)21(19,20)14-6-5-9-17-15(14)16/h5-6,9,12-13H,7-8,10-11H2,1-4H3. The van der Waals surface area contributed by atoms with Crippen LogP contribution in [0.2, 0.25) is 5.15 Å². The Labute approximate surface area is 133 Å². The summed E-state index contributed by atoms with van der Waals surface area (Å²) in [6.45, 7) is 9.37. The van der Waals surface area contributed by atoms with Gasteiger partial charge in [0.25, 0.3) is 0 Å². The van der Waals surface area contributed by atoms with E-state index in [1.165, 1.54) is 16.6 Å². The maximum atomic E-state index is 12.8. The molecule has 0 saturated heterocycles. The Morgan fingerprint density at radius 3 is 2.10 bits per heavy atom. The minimum atomic E-state index is -3.58. The van der Waals surface area contributed by atoms with E-state index in [0.29, 0.717) is 24.9 Å². The van der Waals surface area contributed by atoms with Crippen LogP contribution in [0.4, 0.5) is 0 Å². The van der Waals surface area contributed by atoms with Crippen molar-refractivity contribution in [2.75, 3.05) is 13.1 Å². The summed E-state index contributed by atoms with van der Waals surface area (Å²) in [5.74, 6) is 0.900. The monoisotopic (exact) mass is 332 g/mol. The molecule has 4 nitrogen and oxygen atoms in total. The fourth-order valence-corrected chi connectivity index (χ4v) is 3.76. The van der Waals surface area contributed by atoms with Gasteiger partial charge in [-0.2, -0.15) is 4.31 Å². The molecule has 1 aromatic heterocycles. The zero-order valence-electron chi connectivity index (χ0n) is 13.2. The number of hydrogen-bond donors (Lipinski definition) is 0. The molecule has 0 unspecified atom stereocenters. The summed E-state index contributed by atoms with van der Waals surface area (Å²) in [6.07, 6.45) is 3.15. The SMILES string of the molecule is CC(C)CCN(CCC(C)C)S(=O)(=O)c1cccnc1Cl. The van der Waals surface area contributed by atoms with Crippen LogP contribution in [-0.2, 0) is 10.0 Å². The largest absolute Gasteiger partial charge is 0.246 e. The first-order chi connectivity index (χ1) is 9.75. The van der Waals surface area contributed by atoms with Gasteiger partial charge in [-0.15, -0.1) is 0 Å². The molecule has 21 heavy (non-hydrogen) atoms. The lowest BCUT2D eigenvalue weighted by molar-refractivity contribution is 0.357. The van der Waals surface area contributed by atoms with Crippen molar-refractivity contribution in [3.8, 4) is 0 Å². The van der Waals surface area contributed by atoms with Gasteiger partial charge in [0.05, 0.1) is 0 Å². The van der Waals surface area contributed by atoms with Crippen molar-refractivity contribution < 1.29 is 8.42 Å². The summed E-state index contributed by atoms with van der Waals surface area (Å²) >= 11 is 5.96. The van der Waals surface area contributed by atoms with Gasteiger partial charge >= 0.3 is 0 Å². The predicted molar refractivity (Wildman–Crippen MR) is 86.9 cm³/mol. The lowest BCUT2D eigenvalue weighted by atomic mass is 10.1. The van der Waals surface area contributed by atoms with Crippen molar-refractivity contribution >= 4 is 21.6 Å². The molecule has 1 heterocycles. The van der Waals surface area contributed by atoms with Gasteiger partial charge in [0, 0.05) is 19.3 Å². The predicted octanol–water partition coefficient (Wildman–Crippen LogP) is 3.82. The number of pyridine rings is 1. The van der Waals surface area contributed by atoms with Crippen LogP contribution in [-0.4, -0.2) is 30.8 Å². The van der Waals surface area contributed by atoms with Gasteiger partial charge in [-0.05, 0) is 36.8 Å². The summed E-state index contributed by atoms with van der Waals surface area (Å²) in [7, 11) is -3.58. The van der Waals surface area contributed by atoms with Crippen LogP contribution in [0, 0.1) is 11.8 Å². The van der Waals surface area contributed by atoms with E-state index in [1.807, 2.05) is 0 Å². The summed E-state index contributed by atoms with van der Waals surface area (Å²) < 4.78 is 27.1. The lowest BCUT2D eigenvalue weighted by Crippen LogP contribution is -2.34. The molecule has 0 aliphatic carbocycles. The van der Waals surface area contributed by atoms with Crippen molar-refractivity contribution in [3.63, 3.8) is 0 Å². The van der Waals surface area contributed by atoms with Crippen molar-refractivity contribution in [2.45, 2.75) is 45.4 Å². The lowest BCUT2D eigenvalue weighted by Gasteiger charge is -2.24. The Morgan fingerprint density at radius 2 is 1.67 bits per heavy atom. The van der Waals surface area contributed by atoms with Crippen LogP contribution in [0.5, 0.6) is 0 Å². The average Bonchev–Trinajstić information content (AvgIpc) is 2.37. The van der Waals surface area contributed by atoms with E-state index in [0.717, 1.165) is 12.8 Å². The van der Waals surface area contributed by atoms with Gasteiger partial charge in [-0.1, -0.05) is 39.3 Å². The molecular formula is C15H25ClN2O2S. The molecule has 0 aliphatic heterocycles. The summed E-state index contributed by atoms with van der Waals surface area (Å²) in [5, 5.41) is 0.0385. The number of nitrogens with zero attached hydrogens (tertiary/aromatic N) is 2. The van der Waals surface area contributed by atoms with Crippen LogP contribution >= 0.6 is 11.6 Å². The van der Waals surface area contributed by atoms with E-state index >= 15 is 0 Å². The third-order valence-corrected chi connectivity index (χ3v) is 5.60. The fourth-order valence-electron chi connectivity index (χ4n) is 1.86. The molecule has 0 saturated carbocycles.